The molecule has 7 nitrogen and oxygen atoms in total. The Labute approximate surface area is 169 Å². The van der Waals surface area contributed by atoms with Crippen molar-refractivity contribution in [2.24, 2.45) is 0 Å². The van der Waals surface area contributed by atoms with Crippen molar-refractivity contribution in [2.75, 3.05) is 11.5 Å². The summed E-state index contributed by atoms with van der Waals surface area (Å²) in [5, 5.41) is 14.3. The van der Waals surface area contributed by atoms with Gasteiger partial charge in [0.15, 0.2) is 0 Å². The number of rotatable bonds is 4. The van der Waals surface area contributed by atoms with Crippen molar-refractivity contribution >= 4 is 22.9 Å². The van der Waals surface area contributed by atoms with Gasteiger partial charge in [0.05, 0.1) is 28.3 Å². The number of ether oxygens (including phenoxy) is 1. The average molecular weight is 393 g/mol. The van der Waals surface area contributed by atoms with Gasteiger partial charge in [-0.2, -0.15) is 0 Å². The molecule has 0 aromatic heterocycles. The van der Waals surface area contributed by atoms with Crippen LogP contribution in [-0.4, -0.2) is 23.0 Å². The monoisotopic (exact) mass is 393 g/mol. The van der Waals surface area contributed by atoms with Crippen LogP contribution >= 0.6 is 0 Å². The van der Waals surface area contributed by atoms with Crippen LogP contribution in [0, 0.1) is 10.1 Å². The number of carbonyl (C=O) groups is 1. The van der Waals surface area contributed by atoms with Gasteiger partial charge in [0.2, 0.25) is 0 Å². The van der Waals surface area contributed by atoms with Crippen LogP contribution in [0.1, 0.15) is 55.3 Å². The molecule has 0 saturated carbocycles. The van der Waals surface area contributed by atoms with Crippen molar-refractivity contribution in [3.05, 3.63) is 69.3 Å². The van der Waals surface area contributed by atoms with E-state index in [0.717, 1.165) is 16.8 Å². The number of benzene rings is 2. The molecule has 2 aliphatic heterocycles. The zero-order chi connectivity index (χ0) is 20.9. The number of hydrogen-bond acceptors (Lipinski definition) is 5. The molecule has 1 unspecified atom stereocenters. The summed E-state index contributed by atoms with van der Waals surface area (Å²) in [7, 11) is 0. The fourth-order valence-electron chi connectivity index (χ4n) is 4.33. The quantitative estimate of drug-likeness (QED) is 0.613. The molecule has 0 aliphatic carbocycles. The predicted octanol–water partition coefficient (Wildman–Crippen LogP) is 4.44. The van der Waals surface area contributed by atoms with Gasteiger partial charge in [-0.1, -0.05) is 18.2 Å². The molecule has 0 saturated heterocycles. The number of nitrogens with zero attached hydrogens (tertiary/aromatic N) is 2. The standard InChI is InChI=1S/C22H23N3O4/c1-5-29-16-10-17-13(2)12-22(3,4)24-19(17)18(11-16)21(26)23-20(24)14-7-6-8-15(9-14)25(27)28/h6-12,20H,5H2,1-4H3,(H,23,26). The lowest BCUT2D eigenvalue weighted by Gasteiger charge is -2.50. The van der Waals surface area contributed by atoms with Crippen LogP contribution < -0.4 is 15.0 Å². The SMILES string of the molecule is CCOc1cc2c3c(c1)C(C)=CC(C)(C)N3C(c1cccc([N+](=O)[O-])c1)NC2=O. The molecule has 4 rings (SSSR count). The van der Waals surface area contributed by atoms with E-state index in [1.165, 1.54) is 12.1 Å². The zero-order valence-corrected chi connectivity index (χ0v) is 16.9. The number of nitro groups is 1. The summed E-state index contributed by atoms with van der Waals surface area (Å²) < 4.78 is 5.68. The molecule has 1 N–H and O–H groups in total. The lowest BCUT2D eigenvalue weighted by molar-refractivity contribution is -0.384. The molecule has 2 heterocycles. The Hall–Kier alpha value is -3.35. The first-order chi connectivity index (χ1) is 13.7. The Morgan fingerprint density at radius 1 is 1.24 bits per heavy atom. The van der Waals surface area contributed by atoms with Crippen LogP contribution in [0.5, 0.6) is 5.75 Å². The molecule has 0 radical (unpaired) electrons. The highest BCUT2D eigenvalue weighted by atomic mass is 16.6. The second-order valence-electron chi connectivity index (χ2n) is 7.88. The van der Waals surface area contributed by atoms with E-state index in [4.69, 9.17) is 4.74 Å². The molecule has 29 heavy (non-hydrogen) atoms. The number of non-ortho nitro benzene ring substituents is 1. The summed E-state index contributed by atoms with van der Waals surface area (Å²) in [4.78, 5) is 26.0. The van der Waals surface area contributed by atoms with Gasteiger partial charge in [-0.05, 0) is 45.4 Å². The lowest BCUT2D eigenvalue weighted by atomic mass is 9.84. The highest BCUT2D eigenvalue weighted by Crippen LogP contribution is 2.48. The minimum Gasteiger partial charge on any atom is -0.494 e. The highest BCUT2D eigenvalue weighted by Gasteiger charge is 2.43. The summed E-state index contributed by atoms with van der Waals surface area (Å²) in [5.74, 6) is 0.429. The predicted molar refractivity (Wildman–Crippen MR) is 111 cm³/mol. The minimum absolute atomic E-state index is 0.00370. The fourth-order valence-corrected chi connectivity index (χ4v) is 4.33. The van der Waals surface area contributed by atoms with Gasteiger partial charge in [-0.25, -0.2) is 0 Å². The second-order valence-corrected chi connectivity index (χ2v) is 7.88. The maximum absolute atomic E-state index is 13.1. The summed E-state index contributed by atoms with van der Waals surface area (Å²) in [5.41, 5.74) is 3.64. The maximum atomic E-state index is 13.1. The Morgan fingerprint density at radius 2 is 1.97 bits per heavy atom. The van der Waals surface area contributed by atoms with Gasteiger partial charge in [-0.3, -0.25) is 14.9 Å². The first kappa shape index (κ1) is 19.0. The van der Waals surface area contributed by atoms with E-state index in [2.05, 4.69) is 30.1 Å². The van der Waals surface area contributed by atoms with E-state index in [1.807, 2.05) is 19.9 Å². The van der Waals surface area contributed by atoms with Crippen molar-refractivity contribution in [1.29, 1.82) is 0 Å². The van der Waals surface area contributed by atoms with Crippen molar-refractivity contribution in [1.82, 2.24) is 5.32 Å². The lowest BCUT2D eigenvalue weighted by Crippen LogP contribution is -2.56. The molecular formula is C22H23N3O4. The van der Waals surface area contributed by atoms with Gasteiger partial charge < -0.3 is 15.0 Å². The first-order valence-electron chi connectivity index (χ1n) is 9.58. The first-order valence-corrected chi connectivity index (χ1v) is 9.58. The molecular weight excluding hydrogens is 370 g/mol. The molecule has 0 bridgehead atoms. The Balaban J connectivity index is 1.93. The van der Waals surface area contributed by atoms with E-state index in [0.29, 0.717) is 23.5 Å². The molecule has 2 aromatic rings. The number of anilines is 1. The van der Waals surface area contributed by atoms with Crippen LogP contribution in [0.25, 0.3) is 5.57 Å². The highest BCUT2D eigenvalue weighted by molar-refractivity contribution is 6.06. The number of nitro benzene ring substituents is 1. The van der Waals surface area contributed by atoms with E-state index in [-0.39, 0.29) is 11.6 Å². The van der Waals surface area contributed by atoms with Crippen LogP contribution in [0.2, 0.25) is 0 Å². The molecule has 150 valence electrons. The number of amides is 1. The summed E-state index contributed by atoms with van der Waals surface area (Å²) in [6.45, 7) is 8.58. The van der Waals surface area contributed by atoms with Crippen LogP contribution in [0.3, 0.4) is 0 Å². The molecule has 1 amide bonds. The van der Waals surface area contributed by atoms with Crippen LogP contribution in [0.4, 0.5) is 11.4 Å². The van der Waals surface area contributed by atoms with Gasteiger partial charge >= 0.3 is 0 Å². The van der Waals surface area contributed by atoms with Gasteiger partial charge in [0.25, 0.3) is 11.6 Å². The largest absolute Gasteiger partial charge is 0.494 e. The Morgan fingerprint density at radius 3 is 2.66 bits per heavy atom. The number of allylic oxidation sites excluding steroid dienone is 1. The third-order valence-corrected chi connectivity index (χ3v) is 5.42. The van der Waals surface area contributed by atoms with Crippen LogP contribution in [-0.2, 0) is 0 Å². The van der Waals surface area contributed by atoms with Gasteiger partial charge in [0.1, 0.15) is 11.9 Å². The number of nitrogens with one attached hydrogen (secondary N) is 1. The third kappa shape index (κ3) is 3.03. The Bertz CT molecular complexity index is 1060. The van der Waals surface area contributed by atoms with Gasteiger partial charge in [-0.15, -0.1) is 0 Å². The molecule has 1 atom stereocenters. The third-order valence-electron chi connectivity index (χ3n) is 5.42. The molecule has 0 fully saturated rings. The normalized spacial score (nSPS) is 19.2. The smallest absolute Gasteiger partial charge is 0.269 e. The van der Waals surface area contributed by atoms with Crippen molar-refractivity contribution in [3.63, 3.8) is 0 Å². The minimum atomic E-state index is -0.522. The number of hydrogen-bond donors (Lipinski definition) is 1. The molecule has 2 aliphatic rings. The summed E-state index contributed by atoms with van der Waals surface area (Å²) in [6.07, 6.45) is 1.63. The van der Waals surface area contributed by atoms with E-state index >= 15 is 0 Å². The molecule has 7 heteroatoms. The van der Waals surface area contributed by atoms with Crippen molar-refractivity contribution in [3.8, 4) is 5.75 Å². The van der Waals surface area contributed by atoms with Crippen molar-refractivity contribution < 1.29 is 14.5 Å². The Kier molecular flexibility index (Phi) is 4.33. The fraction of sp³-hybridized carbons (Fsp3) is 0.318. The van der Waals surface area contributed by atoms with Crippen LogP contribution in [0.15, 0.2) is 42.5 Å². The maximum Gasteiger partial charge on any atom is 0.269 e. The van der Waals surface area contributed by atoms with E-state index in [9.17, 15) is 14.9 Å². The molecule has 2 aromatic carbocycles. The van der Waals surface area contributed by atoms with E-state index < -0.39 is 16.6 Å². The summed E-state index contributed by atoms with van der Waals surface area (Å²) in [6, 6.07) is 10.1. The molecule has 0 spiro atoms. The van der Waals surface area contributed by atoms with Gasteiger partial charge in [0, 0.05) is 23.3 Å². The van der Waals surface area contributed by atoms with E-state index in [1.54, 1.807) is 18.2 Å². The zero-order valence-electron chi connectivity index (χ0n) is 16.9. The van der Waals surface area contributed by atoms with Crippen molar-refractivity contribution in [2.45, 2.75) is 39.4 Å². The topological polar surface area (TPSA) is 84.7 Å². The second kappa shape index (κ2) is 6.62. The summed E-state index contributed by atoms with van der Waals surface area (Å²) >= 11 is 0. The number of carbonyl (C=O) groups excluding carboxylic acids is 1. The average Bonchev–Trinajstić information content (AvgIpc) is 2.66.